The van der Waals surface area contributed by atoms with E-state index in [4.69, 9.17) is 0 Å². The van der Waals surface area contributed by atoms with Crippen LogP contribution in [0.2, 0.25) is 0 Å². The van der Waals surface area contributed by atoms with Gasteiger partial charge < -0.3 is 5.32 Å². The third-order valence-corrected chi connectivity index (χ3v) is 5.10. The van der Waals surface area contributed by atoms with Gasteiger partial charge in [0.15, 0.2) is 0 Å². The fourth-order valence-electron chi connectivity index (χ4n) is 2.80. The lowest BCUT2D eigenvalue weighted by molar-refractivity contribution is -0.384. The minimum absolute atomic E-state index is 0.141. The van der Waals surface area contributed by atoms with E-state index < -0.39 is 0 Å². The van der Waals surface area contributed by atoms with E-state index in [1.54, 1.807) is 11.7 Å². The van der Waals surface area contributed by atoms with Gasteiger partial charge in [-0.2, -0.15) is 16.9 Å². The SMILES string of the molecule is CCc1nn(C)c(NC2CCC(SC)CC2)c1[N+](=O)[O-]. The molecule has 2 rings (SSSR count). The zero-order valence-corrected chi connectivity index (χ0v) is 13.1. The third kappa shape index (κ3) is 3.08. The molecule has 0 spiro atoms. The van der Waals surface area contributed by atoms with Crippen LogP contribution in [0.5, 0.6) is 0 Å². The number of nitrogens with zero attached hydrogens (tertiary/aromatic N) is 3. The van der Waals surface area contributed by atoms with Crippen LogP contribution in [0.15, 0.2) is 0 Å². The quantitative estimate of drug-likeness (QED) is 0.668. The van der Waals surface area contributed by atoms with Crippen molar-refractivity contribution in [1.29, 1.82) is 0 Å². The Kier molecular flexibility index (Phi) is 4.91. The summed E-state index contributed by atoms with van der Waals surface area (Å²) in [4.78, 5) is 10.9. The van der Waals surface area contributed by atoms with Crippen molar-refractivity contribution in [3.8, 4) is 0 Å². The van der Waals surface area contributed by atoms with E-state index in [1.807, 2.05) is 18.7 Å². The molecule has 1 aromatic heterocycles. The lowest BCUT2D eigenvalue weighted by atomic mass is 9.95. The topological polar surface area (TPSA) is 73.0 Å². The Morgan fingerprint density at radius 1 is 1.45 bits per heavy atom. The van der Waals surface area contributed by atoms with E-state index >= 15 is 0 Å². The molecule has 1 aliphatic carbocycles. The molecular weight excluding hydrogens is 276 g/mol. The number of anilines is 1. The molecule has 0 saturated heterocycles. The van der Waals surface area contributed by atoms with E-state index in [9.17, 15) is 10.1 Å². The van der Waals surface area contributed by atoms with Crippen molar-refractivity contribution in [2.75, 3.05) is 11.6 Å². The van der Waals surface area contributed by atoms with E-state index in [-0.39, 0.29) is 10.6 Å². The van der Waals surface area contributed by atoms with Crippen LogP contribution in [0, 0.1) is 10.1 Å². The highest BCUT2D eigenvalue weighted by atomic mass is 32.2. The molecule has 20 heavy (non-hydrogen) atoms. The van der Waals surface area contributed by atoms with E-state index in [0.717, 1.165) is 18.1 Å². The molecule has 1 aliphatic rings. The first-order chi connectivity index (χ1) is 9.56. The molecule has 0 atom stereocenters. The molecule has 0 amide bonds. The van der Waals surface area contributed by atoms with Gasteiger partial charge in [-0.25, -0.2) is 4.68 Å². The maximum Gasteiger partial charge on any atom is 0.333 e. The minimum Gasteiger partial charge on any atom is -0.362 e. The maximum atomic E-state index is 11.3. The number of rotatable bonds is 5. The summed E-state index contributed by atoms with van der Waals surface area (Å²) in [6, 6.07) is 0.317. The van der Waals surface area contributed by atoms with Crippen LogP contribution < -0.4 is 5.32 Å². The first-order valence-corrected chi connectivity index (χ1v) is 8.35. The fourth-order valence-corrected chi connectivity index (χ4v) is 3.54. The lowest BCUT2D eigenvalue weighted by Gasteiger charge is -2.28. The normalized spacial score (nSPS) is 22.8. The zero-order chi connectivity index (χ0) is 14.7. The van der Waals surface area contributed by atoms with E-state index in [1.165, 1.54) is 12.8 Å². The van der Waals surface area contributed by atoms with Crippen LogP contribution in [0.25, 0.3) is 0 Å². The summed E-state index contributed by atoms with van der Waals surface area (Å²) in [5, 5.41) is 19.6. The molecule has 1 aromatic rings. The van der Waals surface area contributed by atoms with Gasteiger partial charge in [0.1, 0.15) is 5.69 Å². The second kappa shape index (κ2) is 6.47. The number of nitrogens with one attached hydrogen (secondary N) is 1. The molecule has 0 aliphatic heterocycles. The molecule has 1 heterocycles. The van der Waals surface area contributed by atoms with Crippen LogP contribution in [0.3, 0.4) is 0 Å². The molecule has 1 fully saturated rings. The minimum atomic E-state index is -0.318. The molecule has 0 radical (unpaired) electrons. The zero-order valence-electron chi connectivity index (χ0n) is 12.3. The summed E-state index contributed by atoms with van der Waals surface area (Å²) in [5.41, 5.74) is 0.694. The van der Waals surface area contributed by atoms with Gasteiger partial charge in [0.05, 0.1) is 4.92 Å². The molecule has 6 nitrogen and oxygen atoms in total. The summed E-state index contributed by atoms with van der Waals surface area (Å²) >= 11 is 1.92. The number of hydrogen-bond donors (Lipinski definition) is 1. The van der Waals surface area contributed by atoms with Crippen molar-refractivity contribution in [2.45, 2.75) is 50.3 Å². The standard InChI is InChI=1S/C13H22N4O2S/c1-4-11-12(17(18)19)13(16(2)15-11)14-9-5-7-10(20-3)8-6-9/h9-10,14H,4-8H2,1-3H3. The molecule has 0 unspecified atom stereocenters. The maximum absolute atomic E-state index is 11.3. The number of hydrogen-bond acceptors (Lipinski definition) is 5. The predicted molar refractivity (Wildman–Crippen MR) is 82.4 cm³/mol. The Bertz CT molecular complexity index is 481. The average molecular weight is 298 g/mol. The van der Waals surface area contributed by atoms with Gasteiger partial charge in [0.25, 0.3) is 0 Å². The van der Waals surface area contributed by atoms with Crippen LogP contribution in [-0.2, 0) is 13.5 Å². The molecule has 1 N–H and O–H groups in total. The highest BCUT2D eigenvalue weighted by Crippen LogP contribution is 2.33. The molecule has 0 aromatic carbocycles. The van der Waals surface area contributed by atoms with E-state index in [0.29, 0.717) is 24.0 Å². The second-order valence-electron chi connectivity index (χ2n) is 5.23. The van der Waals surface area contributed by atoms with Gasteiger partial charge >= 0.3 is 5.69 Å². The Labute approximate surface area is 123 Å². The Balaban J connectivity index is 2.13. The van der Waals surface area contributed by atoms with Crippen LogP contribution in [-0.4, -0.2) is 32.3 Å². The van der Waals surface area contributed by atoms with Gasteiger partial charge in [0, 0.05) is 18.3 Å². The van der Waals surface area contributed by atoms with Crippen molar-refractivity contribution in [3.05, 3.63) is 15.8 Å². The van der Waals surface area contributed by atoms with Crippen molar-refractivity contribution in [2.24, 2.45) is 7.05 Å². The van der Waals surface area contributed by atoms with Crippen molar-refractivity contribution in [3.63, 3.8) is 0 Å². The second-order valence-corrected chi connectivity index (χ2v) is 6.37. The van der Waals surface area contributed by atoms with Gasteiger partial charge in [-0.05, 0) is 38.4 Å². The van der Waals surface area contributed by atoms with Crippen LogP contribution in [0.1, 0.15) is 38.3 Å². The summed E-state index contributed by atoms with van der Waals surface area (Å²) in [6.45, 7) is 1.89. The highest BCUT2D eigenvalue weighted by molar-refractivity contribution is 7.99. The highest BCUT2D eigenvalue weighted by Gasteiger charge is 2.28. The first-order valence-electron chi connectivity index (χ1n) is 7.06. The van der Waals surface area contributed by atoms with Gasteiger partial charge in [-0.3, -0.25) is 10.1 Å². The number of nitro groups is 1. The third-order valence-electron chi connectivity index (χ3n) is 3.96. The van der Waals surface area contributed by atoms with Gasteiger partial charge in [-0.1, -0.05) is 6.92 Å². The number of aryl methyl sites for hydroxylation is 2. The Morgan fingerprint density at radius 2 is 2.10 bits per heavy atom. The summed E-state index contributed by atoms with van der Waals surface area (Å²) in [5.74, 6) is 0.555. The fraction of sp³-hybridized carbons (Fsp3) is 0.769. The Hall–Kier alpha value is -1.24. The number of aromatic nitrogens is 2. The summed E-state index contributed by atoms with van der Waals surface area (Å²) in [6.07, 6.45) is 7.20. The monoisotopic (exact) mass is 298 g/mol. The molecule has 112 valence electrons. The smallest absolute Gasteiger partial charge is 0.333 e. The molecule has 0 bridgehead atoms. The molecule has 1 saturated carbocycles. The van der Waals surface area contributed by atoms with Crippen molar-refractivity contribution in [1.82, 2.24) is 9.78 Å². The summed E-state index contributed by atoms with van der Waals surface area (Å²) < 4.78 is 1.61. The van der Waals surface area contributed by atoms with Gasteiger partial charge in [-0.15, -0.1) is 0 Å². The van der Waals surface area contributed by atoms with Crippen molar-refractivity contribution >= 4 is 23.3 Å². The lowest BCUT2D eigenvalue weighted by Crippen LogP contribution is -2.28. The molecular formula is C13H22N4O2S. The summed E-state index contributed by atoms with van der Waals surface area (Å²) in [7, 11) is 1.77. The molecule has 7 heteroatoms. The largest absolute Gasteiger partial charge is 0.362 e. The first kappa shape index (κ1) is 15.2. The van der Waals surface area contributed by atoms with Crippen LogP contribution >= 0.6 is 11.8 Å². The van der Waals surface area contributed by atoms with Crippen LogP contribution in [0.4, 0.5) is 11.5 Å². The average Bonchev–Trinajstić information content (AvgIpc) is 2.76. The predicted octanol–water partition coefficient (Wildman–Crippen LogP) is 2.98. The Morgan fingerprint density at radius 3 is 2.60 bits per heavy atom. The van der Waals surface area contributed by atoms with Crippen molar-refractivity contribution < 1.29 is 4.92 Å². The van der Waals surface area contributed by atoms with Gasteiger partial charge in [0.2, 0.25) is 5.82 Å². The number of thioether (sulfide) groups is 1. The van der Waals surface area contributed by atoms with E-state index in [2.05, 4.69) is 16.7 Å².